The second-order valence-corrected chi connectivity index (χ2v) is 7.24. The van der Waals surface area contributed by atoms with E-state index in [2.05, 4.69) is 20.6 Å². The Kier molecular flexibility index (Phi) is 7.34. The van der Waals surface area contributed by atoms with E-state index in [1.165, 1.54) is 11.8 Å². The Hall–Kier alpha value is -3.01. The predicted octanol–water partition coefficient (Wildman–Crippen LogP) is 3.23. The van der Waals surface area contributed by atoms with Gasteiger partial charge in [-0.25, -0.2) is 0 Å². The second-order valence-electron chi connectivity index (χ2n) is 6.30. The number of nitrogens with zero attached hydrogens (tertiary/aromatic N) is 5. The smallest absolute Gasteiger partial charge is 0.243 e. The first-order valence-electron chi connectivity index (χ1n) is 9.81. The number of ether oxygens (including phenoxy) is 2. The molecule has 0 saturated carbocycles. The number of hydrogen-bond acceptors (Lipinski definition) is 7. The fraction of sp³-hybridized carbons (Fsp3) is 0.400. The van der Waals surface area contributed by atoms with Crippen LogP contribution in [0.15, 0.2) is 35.6 Å². The van der Waals surface area contributed by atoms with Crippen molar-refractivity contribution in [2.75, 3.05) is 24.3 Å². The molecule has 3 aromatic rings. The minimum Gasteiger partial charge on any atom is -0.494 e. The van der Waals surface area contributed by atoms with Gasteiger partial charge in [-0.1, -0.05) is 11.8 Å². The Morgan fingerprint density at radius 1 is 1.10 bits per heavy atom. The molecule has 1 amide bonds. The average Bonchev–Trinajstić information content (AvgIpc) is 3.31. The molecule has 30 heavy (non-hydrogen) atoms. The Labute approximate surface area is 179 Å². The Balaban J connectivity index is 1.64. The van der Waals surface area contributed by atoms with Crippen LogP contribution in [-0.4, -0.2) is 49.4 Å². The normalized spacial score (nSPS) is 10.8. The molecule has 0 aliphatic rings. The van der Waals surface area contributed by atoms with Crippen LogP contribution < -0.4 is 14.8 Å². The summed E-state index contributed by atoms with van der Waals surface area (Å²) in [6.07, 6.45) is 1.89. The minimum absolute atomic E-state index is 0.123. The highest BCUT2D eigenvalue weighted by Gasteiger charge is 2.19. The fourth-order valence-electron chi connectivity index (χ4n) is 2.77. The first-order chi connectivity index (χ1) is 14.5. The van der Waals surface area contributed by atoms with E-state index < -0.39 is 0 Å². The van der Waals surface area contributed by atoms with E-state index >= 15 is 0 Å². The monoisotopic (exact) mass is 430 g/mol. The van der Waals surface area contributed by atoms with E-state index in [4.69, 9.17) is 9.47 Å². The lowest BCUT2D eigenvalue weighted by Crippen LogP contribution is -2.14. The molecule has 9 nitrogen and oxygen atoms in total. The number of nitrogens with one attached hydrogen (secondary N) is 1. The van der Waals surface area contributed by atoms with E-state index in [0.29, 0.717) is 30.1 Å². The van der Waals surface area contributed by atoms with Crippen molar-refractivity contribution in [2.24, 2.45) is 7.05 Å². The topological polar surface area (TPSA) is 96.1 Å². The summed E-state index contributed by atoms with van der Waals surface area (Å²) in [5.41, 5.74) is 1.50. The Bertz CT molecular complexity index is 983. The van der Waals surface area contributed by atoms with Crippen molar-refractivity contribution >= 4 is 23.4 Å². The summed E-state index contributed by atoms with van der Waals surface area (Å²) < 4.78 is 14.7. The van der Waals surface area contributed by atoms with Gasteiger partial charge >= 0.3 is 0 Å². The van der Waals surface area contributed by atoms with E-state index in [9.17, 15) is 4.79 Å². The largest absolute Gasteiger partial charge is 0.494 e. The Morgan fingerprint density at radius 2 is 1.83 bits per heavy atom. The molecule has 0 radical (unpaired) electrons. The van der Waals surface area contributed by atoms with Crippen LogP contribution in [0.4, 0.5) is 5.69 Å². The molecule has 2 aromatic heterocycles. The quantitative estimate of drug-likeness (QED) is 0.493. The van der Waals surface area contributed by atoms with Crippen LogP contribution in [0.3, 0.4) is 0 Å². The number of benzene rings is 1. The Morgan fingerprint density at radius 3 is 2.50 bits per heavy atom. The van der Waals surface area contributed by atoms with Crippen LogP contribution in [0.2, 0.25) is 0 Å². The van der Waals surface area contributed by atoms with Gasteiger partial charge in [-0.2, -0.15) is 0 Å². The number of thioether (sulfide) groups is 1. The van der Waals surface area contributed by atoms with Crippen LogP contribution in [0.25, 0.3) is 11.4 Å². The summed E-state index contributed by atoms with van der Waals surface area (Å²) >= 11 is 1.32. The van der Waals surface area contributed by atoms with Crippen molar-refractivity contribution in [1.29, 1.82) is 0 Å². The van der Waals surface area contributed by atoms with Crippen molar-refractivity contribution in [3.8, 4) is 23.0 Å². The van der Waals surface area contributed by atoms with Crippen molar-refractivity contribution in [3.05, 3.63) is 30.5 Å². The van der Waals surface area contributed by atoms with Crippen LogP contribution in [-0.2, 0) is 18.4 Å². The molecule has 2 heterocycles. The maximum atomic E-state index is 12.3. The number of hydrogen-bond donors (Lipinski definition) is 1. The molecule has 1 N–H and O–H groups in total. The number of carbonyl (C=O) groups is 1. The summed E-state index contributed by atoms with van der Waals surface area (Å²) in [6, 6.07) is 7.28. The lowest BCUT2D eigenvalue weighted by atomic mass is 10.3. The van der Waals surface area contributed by atoms with Gasteiger partial charge in [0, 0.05) is 25.5 Å². The maximum absolute atomic E-state index is 12.3. The number of rotatable bonds is 10. The number of amides is 1. The average molecular weight is 431 g/mol. The molecule has 160 valence electrons. The summed E-state index contributed by atoms with van der Waals surface area (Å²) in [7, 11) is 1.86. The van der Waals surface area contributed by atoms with Crippen molar-refractivity contribution in [1.82, 2.24) is 24.5 Å². The van der Waals surface area contributed by atoms with Crippen LogP contribution in [0, 0.1) is 0 Å². The molecule has 0 unspecified atom stereocenters. The highest BCUT2D eigenvalue weighted by molar-refractivity contribution is 7.99. The van der Waals surface area contributed by atoms with Gasteiger partial charge in [0.05, 0.1) is 19.0 Å². The molecule has 0 aliphatic heterocycles. The van der Waals surface area contributed by atoms with E-state index in [1.54, 1.807) is 4.68 Å². The number of anilines is 1. The summed E-state index contributed by atoms with van der Waals surface area (Å²) in [6.45, 7) is 7.69. The predicted molar refractivity (Wildman–Crippen MR) is 116 cm³/mol. The molecule has 0 aliphatic carbocycles. The van der Waals surface area contributed by atoms with Crippen molar-refractivity contribution < 1.29 is 14.3 Å². The molecule has 0 spiro atoms. The molecule has 1 aromatic carbocycles. The first-order valence-corrected chi connectivity index (χ1v) is 10.8. The lowest BCUT2D eigenvalue weighted by molar-refractivity contribution is -0.113. The third-order valence-electron chi connectivity index (χ3n) is 4.19. The fourth-order valence-corrected chi connectivity index (χ4v) is 3.48. The summed E-state index contributed by atoms with van der Waals surface area (Å²) in [4.78, 5) is 12.3. The van der Waals surface area contributed by atoms with Gasteiger partial charge in [-0.15, -0.1) is 15.3 Å². The SMILES string of the molecule is CCOc1ccc(NC(=O)CSc2nnc(-c3cn(CC)nc3OCC)n2C)cc1. The zero-order valence-electron chi connectivity index (χ0n) is 17.6. The third kappa shape index (κ3) is 5.12. The summed E-state index contributed by atoms with van der Waals surface area (Å²) in [5.74, 6) is 2.04. The lowest BCUT2D eigenvalue weighted by Gasteiger charge is -2.07. The minimum atomic E-state index is -0.123. The standard InChI is InChI=1S/C20H26N6O3S/c1-5-26-12-16(19(24-26)29-7-3)18-22-23-20(25(18)4)30-13-17(27)21-14-8-10-15(11-9-14)28-6-2/h8-12H,5-7,13H2,1-4H3,(H,21,27). The molecule has 10 heteroatoms. The highest BCUT2D eigenvalue weighted by atomic mass is 32.2. The van der Waals surface area contributed by atoms with Crippen molar-refractivity contribution in [2.45, 2.75) is 32.5 Å². The van der Waals surface area contributed by atoms with Gasteiger partial charge < -0.3 is 19.4 Å². The first kappa shape index (κ1) is 21.7. The summed E-state index contributed by atoms with van der Waals surface area (Å²) in [5, 5.41) is 16.4. The van der Waals surface area contributed by atoms with Gasteiger partial charge in [0.1, 0.15) is 11.3 Å². The molecule has 0 atom stereocenters. The van der Waals surface area contributed by atoms with Crippen LogP contribution in [0.5, 0.6) is 11.6 Å². The molecular formula is C20H26N6O3S. The van der Waals surface area contributed by atoms with E-state index in [0.717, 1.165) is 23.5 Å². The van der Waals surface area contributed by atoms with Gasteiger partial charge in [-0.3, -0.25) is 9.48 Å². The molecule has 0 bridgehead atoms. The zero-order valence-corrected chi connectivity index (χ0v) is 18.4. The zero-order chi connectivity index (χ0) is 21.5. The highest BCUT2D eigenvalue weighted by Crippen LogP contribution is 2.29. The number of carbonyl (C=O) groups excluding carboxylic acids is 1. The molecule has 3 rings (SSSR count). The second kappa shape index (κ2) is 10.1. The van der Waals surface area contributed by atoms with Crippen LogP contribution >= 0.6 is 11.8 Å². The van der Waals surface area contributed by atoms with Gasteiger partial charge in [0.15, 0.2) is 11.0 Å². The van der Waals surface area contributed by atoms with Gasteiger partial charge in [0.25, 0.3) is 0 Å². The van der Waals surface area contributed by atoms with Crippen LogP contribution in [0.1, 0.15) is 20.8 Å². The van der Waals surface area contributed by atoms with E-state index in [-0.39, 0.29) is 11.7 Å². The molecular weight excluding hydrogens is 404 g/mol. The van der Waals surface area contributed by atoms with Crippen molar-refractivity contribution in [3.63, 3.8) is 0 Å². The molecule has 0 saturated heterocycles. The molecule has 0 fully saturated rings. The third-order valence-corrected chi connectivity index (χ3v) is 5.21. The maximum Gasteiger partial charge on any atom is 0.243 e. The van der Waals surface area contributed by atoms with Gasteiger partial charge in [-0.05, 0) is 45.0 Å². The van der Waals surface area contributed by atoms with E-state index in [1.807, 2.05) is 62.8 Å². The number of aryl methyl sites for hydroxylation is 1. The number of aromatic nitrogens is 5. The van der Waals surface area contributed by atoms with Gasteiger partial charge in [0.2, 0.25) is 11.8 Å².